The fourth-order valence-electron chi connectivity index (χ4n) is 1.33. The number of pyridine rings is 1. The summed E-state index contributed by atoms with van der Waals surface area (Å²) in [6.07, 6.45) is 1.27. The maximum Gasteiger partial charge on any atom is 0.337 e. The Kier molecular flexibility index (Phi) is 6.13. The molecule has 1 unspecified atom stereocenters. The van der Waals surface area contributed by atoms with Gasteiger partial charge in [-0.05, 0) is 18.9 Å². The molecule has 22 heavy (non-hydrogen) atoms. The summed E-state index contributed by atoms with van der Waals surface area (Å²) < 4.78 is 5.39. The number of carbonyl (C=O) groups is 2. The van der Waals surface area contributed by atoms with Crippen LogP contribution in [0.1, 0.15) is 31.1 Å². The van der Waals surface area contributed by atoms with Crippen LogP contribution in [0.25, 0.3) is 0 Å². The Labute approximate surface area is 133 Å². The number of aromatic nitrogens is 1. The number of aliphatic carboxylic acids is 1. The van der Waals surface area contributed by atoms with Crippen LogP contribution in [0.15, 0.2) is 12.3 Å². The number of aliphatic hydroxyl groups is 1. The van der Waals surface area contributed by atoms with E-state index < -0.39 is 24.0 Å². The first-order chi connectivity index (χ1) is 10.1. The van der Waals surface area contributed by atoms with Crippen molar-refractivity contribution < 1.29 is 24.5 Å². The molecule has 1 rings (SSSR count). The average molecular weight is 331 g/mol. The normalized spacial score (nSPS) is 13.5. The maximum atomic E-state index is 11.9. The van der Waals surface area contributed by atoms with Gasteiger partial charge < -0.3 is 20.3 Å². The fraction of sp³-hybridized carbons (Fsp3) is 0.500. The third-order valence-corrected chi connectivity index (χ3v) is 2.95. The molecule has 0 radical (unpaired) electrons. The number of ether oxygens (including phenoxy) is 1. The Balaban J connectivity index is 2.71. The lowest BCUT2D eigenvalue weighted by Crippen LogP contribution is -2.46. The Hall–Kier alpha value is -1.86. The topological polar surface area (TPSA) is 109 Å². The standard InChI is InChI=1S/C14H19ClN2O5/c1-8(2)6-22-12-10(15)4-9(5-16-12)11(18)17-7-14(3,21)13(19)20/h4-5,8,21H,6-7H2,1-3H3,(H,17,18)(H,19,20). The molecule has 0 spiro atoms. The van der Waals surface area contributed by atoms with Crippen LogP contribution in [-0.4, -0.2) is 45.8 Å². The predicted octanol–water partition coefficient (Wildman–Crippen LogP) is 1.34. The van der Waals surface area contributed by atoms with Crippen molar-refractivity contribution in [2.45, 2.75) is 26.4 Å². The van der Waals surface area contributed by atoms with Crippen molar-refractivity contribution in [1.29, 1.82) is 0 Å². The molecule has 0 saturated carbocycles. The molecule has 0 aliphatic carbocycles. The highest BCUT2D eigenvalue weighted by Gasteiger charge is 2.30. The van der Waals surface area contributed by atoms with E-state index in [-0.39, 0.29) is 16.5 Å². The number of carboxylic acid groups (broad SMARTS) is 1. The molecule has 8 heteroatoms. The summed E-state index contributed by atoms with van der Waals surface area (Å²) in [5.41, 5.74) is -1.91. The number of nitrogens with one attached hydrogen (secondary N) is 1. The highest BCUT2D eigenvalue weighted by Crippen LogP contribution is 2.23. The Morgan fingerprint density at radius 1 is 1.50 bits per heavy atom. The van der Waals surface area contributed by atoms with Crippen molar-refractivity contribution >= 4 is 23.5 Å². The number of nitrogens with zero attached hydrogens (tertiary/aromatic N) is 1. The molecule has 1 atom stereocenters. The highest BCUT2D eigenvalue weighted by atomic mass is 35.5. The van der Waals surface area contributed by atoms with Crippen LogP contribution in [0.2, 0.25) is 5.02 Å². The molecule has 122 valence electrons. The zero-order valence-corrected chi connectivity index (χ0v) is 13.3. The van der Waals surface area contributed by atoms with E-state index in [2.05, 4.69) is 10.3 Å². The number of halogens is 1. The van der Waals surface area contributed by atoms with Crippen LogP contribution in [-0.2, 0) is 4.79 Å². The zero-order valence-electron chi connectivity index (χ0n) is 12.6. The number of hydrogen-bond acceptors (Lipinski definition) is 5. The molecular weight excluding hydrogens is 312 g/mol. The number of amides is 1. The number of rotatable bonds is 7. The third-order valence-electron chi connectivity index (χ3n) is 2.68. The van der Waals surface area contributed by atoms with Gasteiger partial charge >= 0.3 is 5.97 Å². The lowest BCUT2D eigenvalue weighted by atomic mass is 10.1. The highest BCUT2D eigenvalue weighted by molar-refractivity contribution is 6.32. The van der Waals surface area contributed by atoms with E-state index in [0.717, 1.165) is 6.92 Å². The van der Waals surface area contributed by atoms with Gasteiger partial charge in [-0.25, -0.2) is 9.78 Å². The van der Waals surface area contributed by atoms with E-state index >= 15 is 0 Å². The first-order valence-corrected chi connectivity index (χ1v) is 7.03. The first kappa shape index (κ1) is 18.2. The second-order valence-corrected chi connectivity index (χ2v) is 5.88. The summed E-state index contributed by atoms with van der Waals surface area (Å²) in [6, 6.07) is 1.37. The molecule has 0 aromatic carbocycles. The van der Waals surface area contributed by atoms with E-state index in [1.807, 2.05) is 13.8 Å². The molecule has 3 N–H and O–H groups in total. The van der Waals surface area contributed by atoms with E-state index in [4.69, 9.17) is 21.4 Å². The maximum absolute atomic E-state index is 11.9. The molecular formula is C14H19ClN2O5. The van der Waals surface area contributed by atoms with Gasteiger partial charge in [0.15, 0.2) is 5.60 Å². The number of carboxylic acids is 1. The molecule has 1 aromatic heterocycles. The summed E-state index contributed by atoms with van der Waals surface area (Å²) in [5.74, 6) is -1.49. The van der Waals surface area contributed by atoms with Gasteiger partial charge in [-0.1, -0.05) is 25.4 Å². The van der Waals surface area contributed by atoms with Crippen molar-refractivity contribution in [3.8, 4) is 5.88 Å². The molecule has 0 aliphatic rings. The van der Waals surface area contributed by atoms with Gasteiger partial charge in [0.25, 0.3) is 5.91 Å². The van der Waals surface area contributed by atoms with Gasteiger partial charge in [-0.2, -0.15) is 0 Å². The zero-order chi connectivity index (χ0) is 16.9. The van der Waals surface area contributed by atoms with E-state index in [0.29, 0.717) is 12.5 Å². The SMILES string of the molecule is CC(C)COc1ncc(C(=O)NCC(C)(O)C(=O)O)cc1Cl. The molecule has 0 fully saturated rings. The molecule has 1 heterocycles. The van der Waals surface area contributed by atoms with Crippen molar-refractivity contribution in [2.24, 2.45) is 5.92 Å². The summed E-state index contributed by atoms with van der Waals surface area (Å²) in [4.78, 5) is 26.6. The minimum Gasteiger partial charge on any atom is -0.479 e. The molecule has 1 aromatic rings. The van der Waals surface area contributed by atoms with Crippen LogP contribution in [0, 0.1) is 5.92 Å². The minimum atomic E-state index is -2.05. The van der Waals surface area contributed by atoms with Gasteiger partial charge in [0.2, 0.25) is 5.88 Å². The van der Waals surface area contributed by atoms with Crippen LogP contribution in [0.3, 0.4) is 0 Å². The van der Waals surface area contributed by atoms with Gasteiger partial charge in [0, 0.05) is 6.20 Å². The predicted molar refractivity (Wildman–Crippen MR) is 80.2 cm³/mol. The molecule has 0 bridgehead atoms. The monoisotopic (exact) mass is 330 g/mol. The quantitative estimate of drug-likeness (QED) is 0.696. The third kappa shape index (κ3) is 5.16. The van der Waals surface area contributed by atoms with E-state index in [9.17, 15) is 14.7 Å². The van der Waals surface area contributed by atoms with Crippen molar-refractivity contribution in [2.75, 3.05) is 13.2 Å². The van der Waals surface area contributed by atoms with Gasteiger partial charge in [0.05, 0.1) is 18.7 Å². The Morgan fingerprint density at radius 3 is 2.64 bits per heavy atom. The van der Waals surface area contributed by atoms with Crippen LogP contribution < -0.4 is 10.1 Å². The van der Waals surface area contributed by atoms with Crippen LogP contribution in [0.4, 0.5) is 0 Å². The molecule has 1 amide bonds. The van der Waals surface area contributed by atoms with Crippen molar-refractivity contribution in [3.63, 3.8) is 0 Å². The minimum absolute atomic E-state index is 0.142. The second-order valence-electron chi connectivity index (χ2n) is 5.48. The average Bonchev–Trinajstić information content (AvgIpc) is 2.43. The van der Waals surface area contributed by atoms with E-state index in [1.165, 1.54) is 12.3 Å². The van der Waals surface area contributed by atoms with Crippen LogP contribution >= 0.6 is 11.6 Å². The van der Waals surface area contributed by atoms with E-state index in [1.54, 1.807) is 0 Å². The summed E-state index contributed by atoms with van der Waals surface area (Å²) in [7, 11) is 0. The van der Waals surface area contributed by atoms with Gasteiger partial charge in [-0.3, -0.25) is 4.79 Å². The summed E-state index contributed by atoms with van der Waals surface area (Å²) in [5, 5.41) is 20.8. The second kappa shape index (κ2) is 7.42. The molecule has 0 aliphatic heterocycles. The largest absolute Gasteiger partial charge is 0.479 e. The lowest BCUT2D eigenvalue weighted by Gasteiger charge is -2.18. The Bertz CT molecular complexity index is 560. The molecule has 7 nitrogen and oxygen atoms in total. The fourth-order valence-corrected chi connectivity index (χ4v) is 1.55. The first-order valence-electron chi connectivity index (χ1n) is 6.66. The van der Waals surface area contributed by atoms with Crippen molar-refractivity contribution in [3.05, 3.63) is 22.8 Å². The summed E-state index contributed by atoms with van der Waals surface area (Å²) in [6.45, 7) is 5.04. The lowest BCUT2D eigenvalue weighted by molar-refractivity contribution is -0.155. The summed E-state index contributed by atoms with van der Waals surface area (Å²) >= 11 is 5.99. The van der Waals surface area contributed by atoms with Crippen LogP contribution in [0.5, 0.6) is 5.88 Å². The van der Waals surface area contributed by atoms with Crippen molar-refractivity contribution in [1.82, 2.24) is 10.3 Å². The molecule has 0 saturated heterocycles. The smallest absolute Gasteiger partial charge is 0.337 e. The Morgan fingerprint density at radius 2 is 2.14 bits per heavy atom. The number of carbonyl (C=O) groups excluding carboxylic acids is 1. The van der Waals surface area contributed by atoms with Gasteiger partial charge in [0.1, 0.15) is 5.02 Å². The van der Waals surface area contributed by atoms with Gasteiger partial charge in [-0.15, -0.1) is 0 Å². The number of hydrogen-bond donors (Lipinski definition) is 3.